The van der Waals surface area contributed by atoms with E-state index in [9.17, 15) is 4.79 Å². The highest BCUT2D eigenvalue weighted by Crippen LogP contribution is 2.16. The predicted octanol–water partition coefficient (Wildman–Crippen LogP) is 2.28. The third-order valence-electron chi connectivity index (χ3n) is 3.44. The van der Waals surface area contributed by atoms with Crippen LogP contribution in [-0.4, -0.2) is 54.5 Å². The van der Waals surface area contributed by atoms with Crippen LogP contribution in [0.1, 0.15) is 31.1 Å². The quantitative estimate of drug-likeness (QED) is 0.899. The Bertz CT molecular complexity index is 454. The van der Waals surface area contributed by atoms with Gasteiger partial charge < -0.3 is 15.1 Å². The molecule has 1 saturated heterocycles. The Balaban J connectivity index is 2.00. The zero-order chi connectivity index (χ0) is 14.8. The number of piperazine rings is 1. The van der Waals surface area contributed by atoms with E-state index in [1.165, 1.54) is 0 Å². The Labute approximate surface area is 121 Å². The van der Waals surface area contributed by atoms with Crippen molar-refractivity contribution in [2.75, 3.05) is 38.5 Å². The van der Waals surface area contributed by atoms with Crippen molar-refractivity contribution >= 4 is 11.6 Å². The molecule has 0 spiro atoms. The minimum atomic E-state index is 0.0307. The summed E-state index contributed by atoms with van der Waals surface area (Å²) >= 11 is 0. The Morgan fingerprint density at radius 1 is 1.05 bits per heavy atom. The van der Waals surface area contributed by atoms with Crippen molar-refractivity contribution in [3.05, 3.63) is 29.8 Å². The number of rotatable bonds is 2. The minimum absolute atomic E-state index is 0.0307. The largest absolute Gasteiger partial charge is 0.380 e. The SMILES string of the molecule is CN1CCN(C(=O)c2ccc(NC(C)(C)C)cc2)CC1. The minimum Gasteiger partial charge on any atom is -0.380 e. The van der Waals surface area contributed by atoms with Crippen LogP contribution in [0.15, 0.2) is 24.3 Å². The van der Waals surface area contributed by atoms with Crippen molar-refractivity contribution < 1.29 is 4.79 Å². The smallest absolute Gasteiger partial charge is 0.253 e. The highest BCUT2D eigenvalue weighted by molar-refractivity contribution is 5.94. The van der Waals surface area contributed by atoms with Crippen LogP contribution >= 0.6 is 0 Å². The normalized spacial score (nSPS) is 17.1. The molecule has 1 N–H and O–H groups in total. The molecule has 0 radical (unpaired) electrons. The second-order valence-electron chi connectivity index (χ2n) is 6.55. The van der Waals surface area contributed by atoms with E-state index in [4.69, 9.17) is 0 Å². The highest BCUT2D eigenvalue weighted by atomic mass is 16.2. The molecule has 110 valence electrons. The van der Waals surface area contributed by atoms with Crippen molar-refractivity contribution in [1.29, 1.82) is 0 Å². The molecule has 0 aliphatic carbocycles. The van der Waals surface area contributed by atoms with Crippen LogP contribution in [0.25, 0.3) is 0 Å². The Kier molecular flexibility index (Phi) is 4.33. The Hall–Kier alpha value is -1.55. The first kappa shape index (κ1) is 14.9. The topological polar surface area (TPSA) is 35.6 Å². The highest BCUT2D eigenvalue weighted by Gasteiger charge is 2.20. The predicted molar refractivity (Wildman–Crippen MR) is 83.2 cm³/mol. The Morgan fingerprint density at radius 2 is 1.60 bits per heavy atom. The van der Waals surface area contributed by atoms with Gasteiger partial charge in [0, 0.05) is 43.0 Å². The summed E-state index contributed by atoms with van der Waals surface area (Å²) in [6.07, 6.45) is 0. The molecule has 1 aromatic rings. The molecule has 1 aromatic carbocycles. The van der Waals surface area contributed by atoms with E-state index in [-0.39, 0.29) is 11.4 Å². The monoisotopic (exact) mass is 275 g/mol. The van der Waals surface area contributed by atoms with E-state index >= 15 is 0 Å². The van der Waals surface area contributed by atoms with Crippen molar-refractivity contribution in [2.24, 2.45) is 0 Å². The molecular formula is C16H25N3O. The molecule has 4 heteroatoms. The van der Waals surface area contributed by atoms with E-state index in [2.05, 4.69) is 38.0 Å². The fourth-order valence-corrected chi connectivity index (χ4v) is 2.32. The van der Waals surface area contributed by atoms with Gasteiger partial charge in [-0.05, 0) is 52.1 Å². The van der Waals surface area contributed by atoms with Gasteiger partial charge in [0.1, 0.15) is 0 Å². The number of nitrogens with zero attached hydrogens (tertiary/aromatic N) is 2. The number of likely N-dealkylation sites (N-methyl/N-ethyl adjacent to an activating group) is 1. The summed E-state index contributed by atoms with van der Waals surface area (Å²) in [7, 11) is 2.09. The van der Waals surface area contributed by atoms with Crippen LogP contribution in [-0.2, 0) is 0 Å². The van der Waals surface area contributed by atoms with Gasteiger partial charge in [-0.15, -0.1) is 0 Å². The summed E-state index contributed by atoms with van der Waals surface area (Å²) in [5.74, 6) is 0.139. The summed E-state index contributed by atoms with van der Waals surface area (Å²) in [5.41, 5.74) is 1.85. The number of amides is 1. The molecular weight excluding hydrogens is 250 g/mol. The molecule has 0 unspecified atom stereocenters. The Morgan fingerprint density at radius 3 is 2.10 bits per heavy atom. The van der Waals surface area contributed by atoms with E-state index in [0.29, 0.717) is 0 Å². The van der Waals surface area contributed by atoms with E-state index in [1.807, 2.05) is 29.2 Å². The maximum absolute atomic E-state index is 12.4. The van der Waals surface area contributed by atoms with Crippen LogP contribution < -0.4 is 5.32 Å². The van der Waals surface area contributed by atoms with Gasteiger partial charge in [-0.25, -0.2) is 0 Å². The first-order valence-corrected chi connectivity index (χ1v) is 7.21. The lowest BCUT2D eigenvalue weighted by Crippen LogP contribution is -2.47. The van der Waals surface area contributed by atoms with Crippen LogP contribution in [0.5, 0.6) is 0 Å². The number of carbonyl (C=O) groups excluding carboxylic acids is 1. The van der Waals surface area contributed by atoms with Crippen LogP contribution in [0.2, 0.25) is 0 Å². The molecule has 1 fully saturated rings. The number of anilines is 1. The van der Waals surface area contributed by atoms with Gasteiger partial charge in [-0.3, -0.25) is 4.79 Å². The van der Waals surface area contributed by atoms with E-state index in [1.54, 1.807) is 0 Å². The number of nitrogens with one attached hydrogen (secondary N) is 1. The van der Waals surface area contributed by atoms with Crippen LogP contribution in [0, 0.1) is 0 Å². The summed E-state index contributed by atoms with van der Waals surface area (Å²) in [6, 6.07) is 7.78. The zero-order valence-electron chi connectivity index (χ0n) is 12.9. The second kappa shape index (κ2) is 5.83. The molecule has 20 heavy (non-hydrogen) atoms. The maximum atomic E-state index is 12.4. The molecule has 1 heterocycles. The lowest BCUT2D eigenvalue weighted by Gasteiger charge is -2.32. The van der Waals surface area contributed by atoms with Gasteiger partial charge in [-0.1, -0.05) is 0 Å². The molecule has 4 nitrogen and oxygen atoms in total. The molecule has 1 aliphatic heterocycles. The molecule has 0 atom stereocenters. The fourth-order valence-electron chi connectivity index (χ4n) is 2.32. The molecule has 0 bridgehead atoms. The summed E-state index contributed by atoms with van der Waals surface area (Å²) in [6.45, 7) is 9.91. The summed E-state index contributed by atoms with van der Waals surface area (Å²) < 4.78 is 0. The molecule has 1 amide bonds. The molecule has 2 rings (SSSR count). The average molecular weight is 275 g/mol. The van der Waals surface area contributed by atoms with Crippen molar-refractivity contribution in [3.8, 4) is 0 Å². The summed E-state index contributed by atoms with van der Waals surface area (Å²) in [5, 5.41) is 3.40. The van der Waals surface area contributed by atoms with Gasteiger partial charge in [-0.2, -0.15) is 0 Å². The standard InChI is InChI=1S/C16H25N3O/c1-16(2,3)17-14-7-5-13(6-8-14)15(20)19-11-9-18(4)10-12-19/h5-8,17H,9-12H2,1-4H3. The van der Waals surface area contributed by atoms with Crippen molar-refractivity contribution in [1.82, 2.24) is 9.80 Å². The third kappa shape index (κ3) is 3.97. The first-order chi connectivity index (χ1) is 9.35. The third-order valence-corrected chi connectivity index (χ3v) is 3.44. The lowest BCUT2D eigenvalue weighted by atomic mass is 10.1. The van der Waals surface area contributed by atoms with Gasteiger partial charge in [0.15, 0.2) is 0 Å². The number of carbonyl (C=O) groups is 1. The summed E-state index contributed by atoms with van der Waals surface area (Å²) in [4.78, 5) is 16.6. The van der Waals surface area contributed by atoms with Gasteiger partial charge in [0.25, 0.3) is 5.91 Å². The molecule has 1 aliphatic rings. The van der Waals surface area contributed by atoms with Gasteiger partial charge in [0.05, 0.1) is 0 Å². The van der Waals surface area contributed by atoms with Crippen LogP contribution in [0.3, 0.4) is 0 Å². The first-order valence-electron chi connectivity index (χ1n) is 7.21. The fraction of sp³-hybridized carbons (Fsp3) is 0.562. The van der Waals surface area contributed by atoms with E-state index in [0.717, 1.165) is 37.4 Å². The second-order valence-corrected chi connectivity index (χ2v) is 6.55. The molecule has 0 saturated carbocycles. The zero-order valence-corrected chi connectivity index (χ0v) is 12.9. The van der Waals surface area contributed by atoms with Gasteiger partial charge in [0.2, 0.25) is 0 Å². The van der Waals surface area contributed by atoms with Crippen molar-refractivity contribution in [3.63, 3.8) is 0 Å². The van der Waals surface area contributed by atoms with Gasteiger partial charge >= 0.3 is 0 Å². The van der Waals surface area contributed by atoms with E-state index < -0.39 is 0 Å². The maximum Gasteiger partial charge on any atom is 0.253 e. The number of benzene rings is 1. The lowest BCUT2D eigenvalue weighted by molar-refractivity contribution is 0.0664. The number of hydrogen-bond donors (Lipinski definition) is 1. The van der Waals surface area contributed by atoms with Crippen LogP contribution in [0.4, 0.5) is 5.69 Å². The molecule has 0 aromatic heterocycles. The van der Waals surface area contributed by atoms with Crippen molar-refractivity contribution in [2.45, 2.75) is 26.3 Å². The average Bonchev–Trinajstić information content (AvgIpc) is 2.38. The number of hydrogen-bond acceptors (Lipinski definition) is 3.